The van der Waals surface area contributed by atoms with Gasteiger partial charge < -0.3 is 4.90 Å². The van der Waals surface area contributed by atoms with Crippen molar-refractivity contribution in [3.63, 3.8) is 0 Å². The van der Waals surface area contributed by atoms with Gasteiger partial charge in [0.15, 0.2) is 0 Å². The van der Waals surface area contributed by atoms with E-state index in [9.17, 15) is 8.42 Å². The van der Waals surface area contributed by atoms with Gasteiger partial charge in [-0.1, -0.05) is 30.3 Å². The van der Waals surface area contributed by atoms with Crippen molar-refractivity contribution in [3.8, 4) is 0 Å². The monoisotopic (exact) mass is 345 g/mol. The minimum absolute atomic E-state index is 0.280. The third kappa shape index (κ3) is 4.20. The molecular formula is C18H23N3O2S. The molecule has 1 fully saturated rings. The number of pyridine rings is 1. The molecule has 3 rings (SSSR count). The molecule has 0 aliphatic carbocycles. The molecule has 6 heteroatoms. The minimum atomic E-state index is -3.40. The van der Waals surface area contributed by atoms with Crippen molar-refractivity contribution in [2.24, 2.45) is 0 Å². The van der Waals surface area contributed by atoms with Gasteiger partial charge in [-0.3, -0.25) is 4.98 Å². The summed E-state index contributed by atoms with van der Waals surface area (Å²) in [4.78, 5) is 6.54. The molecule has 0 amide bonds. The predicted molar refractivity (Wildman–Crippen MR) is 94.2 cm³/mol. The maximum Gasteiger partial charge on any atom is 0.244 e. The Morgan fingerprint density at radius 3 is 2.38 bits per heavy atom. The van der Waals surface area contributed by atoms with Crippen LogP contribution in [0.3, 0.4) is 0 Å². The Hall–Kier alpha value is -1.76. The first-order valence-electron chi connectivity index (χ1n) is 8.33. The highest BCUT2D eigenvalue weighted by atomic mass is 32.2. The second kappa shape index (κ2) is 7.88. The quantitative estimate of drug-likeness (QED) is 0.804. The van der Waals surface area contributed by atoms with Crippen LogP contribution in [-0.4, -0.2) is 55.3 Å². The zero-order chi connectivity index (χ0) is 16.8. The highest BCUT2D eigenvalue weighted by molar-refractivity contribution is 7.89. The molecule has 1 aliphatic rings. The average Bonchev–Trinajstić information content (AvgIpc) is 2.64. The van der Waals surface area contributed by atoms with E-state index in [2.05, 4.69) is 34.1 Å². The molecule has 2 heterocycles. The molecule has 0 bridgehead atoms. The minimum Gasteiger partial charge on any atom is -0.301 e. The van der Waals surface area contributed by atoms with Crippen molar-refractivity contribution < 1.29 is 8.42 Å². The van der Waals surface area contributed by atoms with Crippen LogP contribution >= 0.6 is 0 Å². The molecule has 1 aromatic heterocycles. The Morgan fingerprint density at radius 1 is 0.958 bits per heavy atom. The Labute approximate surface area is 144 Å². The summed E-state index contributed by atoms with van der Waals surface area (Å²) < 4.78 is 26.7. The molecule has 128 valence electrons. The lowest BCUT2D eigenvalue weighted by Gasteiger charge is -2.33. The molecule has 0 saturated carbocycles. The van der Waals surface area contributed by atoms with Gasteiger partial charge in [0.05, 0.1) is 0 Å². The molecule has 1 aromatic carbocycles. The Morgan fingerprint density at radius 2 is 1.71 bits per heavy atom. The first kappa shape index (κ1) is 17.1. The van der Waals surface area contributed by atoms with Gasteiger partial charge in [-0.2, -0.15) is 4.31 Å². The van der Waals surface area contributed by atoms with Gasteiger partial charge in [-0.25, -0.2) is 8.42 Å². The number of rotatable bonds is 6. The molecular weight excluding hydrogens is 322 g/mol. The van der Waals surface area contributed by atoms with Crippen molar-refractivity contribution >= 4 is 10.0 Å². The molecule has 2 aromatic rings. The zero-order valence-electron chi connectivity index (χ0n) is 13.7. The molecule has 0 unspecified atom stereocenters. The van der Waals surface area contributed by atoms with Gasteiger partial charge in [0.25, 0.3) is 0 Å². The van der Waals surface area contributed by atoms with Crippen molar-refractivity contribution in [2.45, 2.75) is 17.7 Å². The SMILES string of the molecule is O=S(=O)(c1cccnc1)N1CCN(CCCc2ccccc2)CC1. The van der Waals surface area contributed by atoms with Crippen molar-refractivity contribution in [2.75, 3.05) is 32.7 Å². The average molecular weight is 345 g/mol. The maximum absolute atomic E-state index is 12.6. The summed E-state index contributed by atoms with van der Waals surface area (Å²) in [7, 11) is -3.40. The van der Waals surface area contributed by atoms with Crippen LogP contribution in [0, 0.1) is 0 Å². The standard InChI is InChI=1S/C18H23N3O2S/c22-24(23,18-9-4-10-19-16-18)21-14-12-20(13-15-21)11-5-8-17-6-2-1-3-7-17/h1-4,6-7,9-10,16H,5,8,11-15H2. The third-order valence-electron chi connectivity index (χ3n) is 4.39. The molecule has 1 aliphatic heterocycles. The predicted octanol–water partition coefficient (Wildman–Crippen LogP) is 2.02. The van der Waals surface area contributed by atoms with E-state index in [-0.39, 0.29) is 4.90 Å². The first-order valence-corrected chi connectivity index (χ1v) is 9.77. The maximum atomic E-state index is 12.6. The van der Waals surface area contributed by atoms with E-state index in [1.165, 1.54) is 11.8 Å². The van der Waals surface area contributed by atoms with Gasteiger partial charge in [0.2, 0.25) is 10.0 Å². The van der Waals surface area contributed by atoms with E-state index in [0.29, 0.717) is 13.1 Å². The Balaban J connectivity index is 1.47. The van der Waals surface area contributed by atoms with Crippen LogP contribution in [-0.2, 0) is 16.4 Å². The summed E-state index contributed by atoms with van der Waals surface area (Å²) in [5.74, 6) is 0. The first-order chi connectivity index (χ1) is 11.7. The number of nitrogens with zero attached hydrogens (tertiary/aromatic N) is 3. The fraction of sp³-hybridized carbons (Fsp3) is 0.389. The van der Waals surface area contributed by atoms with Crippen LogP contribution in [0.25, 0.3) is 0 Å². The molecule has 1 saturated heterocycles. The van der Waals surface area contributed by atoms with Gasteiger partial charge in [0.1, 0.15) is 4.90 Å². The summed E-state index contributed by atoms with van der Waals surface area (Å²) >= 11 is 0. The van der Waals surface area contributed by atoms with E-state index in [0.717, 1.165) is 32.5 Å². The number of hydrogen-bond donors (Lipinski definition) is 0. The zero-order valence-corrected chi connectivity index (χ0v) is 14.5. The fourth-order valence-electron chi connectivity index (χ4n) is 2.99. The molecule has 0 radical (unpaired) electrons. The summed E-state index contributed by atoms with van der Waals surface area (Å²) in [6, 6.07) is 13.7. The number of hydrogen-bond acceptors (Lipinski definition) is 4. The number of sulfonamides is 1. The summed E-state index contributed by atoms with van der Waals surface area (Å²) in [5, 5.41) is 0. The number of aryl methyl sites for hydroxylation is 1. The smallest absolute Gasteiger partial charge is 0.244 e. The molecule has 5 nitrogen and oxygen atoms in total. The summed E-state index contributed by atoms with van der Waals surface area (Å²) in [5.41, 5.74) is 1.36. The fourth-order valence-corrected chi connectivity index (χ4v) is 4.38. The second-order valence-electron chi connectivity index (χ2n) is 6.02. The lowest BCUT2D eigenvalue weighted by molar-refractivity contribution is 0.187. The van der Waals surface area contributed by atoms with Crippen molar-refractivity contribution in [1.82, 2.24) is 14.2 Å². The van der Waals surface area contributed by atoms with Crippen LogP contribution in [0.5, 0.6) is 0 Å². The highest BCUT2D eigenvalue weighted by Crippen LogP contribution is 2.16. The van der Waals surface area contributed by atoms with Crippen LogP contribution in [0.15, 0.2) is 59.8 Å². The largest absolute Gasteiger partial charge is 0.301 e. The normalized spacial score (nSPS) is 17.0. The number of piperazine rings is 1. The van der Waals surface area contributed by atoms with Crippen LogP contribution < -0.4 is 0 Å². The van der Waals surface area contributed by atoms with Crippen LogP contribution in [0.1, 0.15) is 12.0 Å². The lowest BCUT2D eigenvalue weighted by Crippen LogP contribution is -2.48. The Bertz CT molecular complexity index is 727. The van der Waals surface area contributed by atoms with Gasteiger partial charge >= 0.3 is 0 Å². The van der Waals surface area contributed by atoms with Crippen molar-refractivity contribution in [1.29, 1.82) is 0 Å². The van der Waals surface area contributed by atoms with Crippen LogP contribution in [0.2, 0.25) is 0 Å². The molecule has 0 spiro atoms. The van der Waals surface area contributed by atoms with Crippen molar-refractivity contribution in [3.05, 3.63) is 60.4 Å². The second-order valence-corrected chi connectivity index (χ2v) is 7.96. The highest BCUT2D eigenvalue weighted by Gasteiger charge is 2.28. The third-order valence-corrected chi connectivity index (χ3v) is 6.27. The van der Waals surface area contributed by atoms with E-state index in [1.54, 1.807) is 22.6 Å². The van der Waals surface area contributed by atoms with E-state index >= 15 is 0 Å². The topological polar surface area (TPSA) is 53.5 Å². The van der Waals surface area contributed by atoms with Gasteiger partial charge in [0, 0.05) is 38.6 Å². The Kier molecular flexibility index (Phi) is 5.60. The summed E-state index contributed by atoms with van der Waals surface area (Å²) in [6.07, 6.45) is 5.17. The van der Waals surface area contributed by atoms with E-state index in [1.807, 2.05) is 6.07 Å². The van der Waals surface area contributed by atoms with Crippen LogP contribution in [0.4, 0.5) is 0 Å². The van der Waals surface area contributed by atoms with E-state index in [4.69, 9.17) is 0 Å². The van der Waals surface area contributed by atoms with Gasteiger partial charge in [-0.05, 0) is 37.1 Å². The van der Waals surface area contributed by atoms with Gasteiger partial charge in [-0.15, -0.1) is 0 Å². The molecule has 0 atom stereocenters. The molecule has 24 heavy (non-hydrogen) atoms. The van der Waals surface area contributed by atoms with E-state index < -0.39 is 10.0 Å². The number of aromatic nitrogens is 1. The summed E-state index contributed by atoms with van der Waals surface area (Å²) in [6.45, 7) is 3.67. The molecule has 0 N–H and O–H groups in total. The number of benzene rings is 1. The lowest BCUT2D eigenvalue weighted by atomic mass is 10.1.